The second-order valence-corrected chi connectivity index (χ2v) is 5.83. The Morgan fingerprint density at radius 1 is 1.55 bits per heavy atom. The molecule has 0 aliphatic rings. The molecule has 1 unspecified atom stereocenters. The highest BCUT2D eigenvalue weighted by Gasteiger charge is 2.24. The molecule has 0 amide bonds. The predicted molar refractivity (Wildman–Crippen MR) is 81.1 cm³/mol. The van der Waals surface area contributed by atoms with Gasteiger partial charge < -0.3 is 9.32 Å². The van der Waals surface area contributed by atoms with E-state index in [1.807, 2.05) is 31.8 Å². The molecule has 2 rings (SSSR count). The summed E-state index contributed by atoms with van der Waals surface area (Å²) in [7, 11) is 4.07. The molecule has 1 atom stereocenters. The molecule has 2 aromatic rings. The number of rotatable bonds is 6. The minimum Gasteiger partial charge on any atom is -0.467 e. The largest absolute Gasteiger partial charge is 0.467 e. The second-order valence-electron chi connectivity index (χ2n) is 4.97. The molecule has 6 nitrogen and oxygen atoms in total. The van der Waals surface area contributed by atoms with E-state index in [4.69, 9.17) is 10.3 Å². The zero-order valence-electron chi connectivity index (χ0n) is 11.9. The molecule has 20 heavy (non-hydrogen) atoms. The standard InChI is InChI=1S/C13H20BrN5O/c1-9-4-7-20-13(9)11(17-15)12-10(14)8-16-19(12)6-5-18(2)3/h4,7-8,11,17H,5-6,15H2,1-3H3. The molecule has 0 bridgehead atoms. The van der Waals surface area contributed by atoms with Gasteiger partial charge in [-0.3, -0.25) is 10.5 Å². The molecular formula is C13H20BrN5O. The average molecular weight is 342 g/mol. The maximum Gasteiger partial charge on any atom is 0.131 e. The first kappa shape index (κ1) is 15.2. The van der Waals surface area contributed by atoms with Crippen molar-refractivity contribution in [2.75, 3.05) is 20.6 Å². The van der Waals surface area contributed by atoms with Crippen LogP contribution in [0.1, 0.15) is 23.1 Å². The molecule has 3 N–H and O–H groups in total. The number of hydrazine groups is 1. The summed E-state index contributed by atoms with van der Waals surface area (Å²) in [5, 5.41) is 4.40. The van der Waals surface area contributed by atoms with Crippen LogP contribution in [0.25, 0.3) is 0 Å². The Kier molecular flexibility index (Phi) is 4.98. The van der Waals surface area contributed by atoms with Gasteiger partial charge in [0.1, 0.15) is 11.8 Å². The van der Waals surface area contributed by atoms with Gasteiger partial charge in [-0.15, -0.1) is 0 Å². The first-order valence-corrected chi connectivity index (χ1v) is 7.20. The van der Waals surface area contributed by atoms with Crippen molar-refractivity contribution < 1.29 is 4.42 Å². The van der Waals surface area contributed by atoms with Gasteiger partial charge in [-0.1, -0.05) is 0 Å². The van der Waals surface area contributed by atoms with E-state index in [1.165, 1.54) is 0 Å². The summed E-state index contributed by atoms with van der Waals surface area (Å²) < 4.78 is 8.41. The Bertz CT molecular complexity index is 563. The van der Waals surface area contributed by atoms with Crippen molar-refractivity contribution >= 4 is 15.9 Å². The molecule has 0 aliphatic carbocycles. The van der Waals surface area contributed by atoms with Crippen molar-refractivity contribution in [3.8, 4) is 0 Å². The van der Waals surface area contributed by atoms with Crippen LogP contribution in [0.2, 0.25) is 0 Å². The monoisotopic (exact) mass is 341 g/mol. The highest BCUT2D eigenvalue weighted by atomic mass is 79.9. The van der Waals surface area contributed by atoms with Crippen LogP contribution >= 0.6 is 15.9 Å². The molecule has 7 heteroatoms. The van der Waals surface area contributed by atoms with Crippen molar-refractivity contribution in [1.82, 2.24) is 20.1 Å². The minimum atomic E-state index is -0.232. The number of hydrogen-bond donors (Lipinski definition) is 2. The van der Waals surface area contributed by atoms with E-state index in [-0.39, 0.29) is 6.04 Å². The number of nitrogens with zero attached hydrogens (tertiary/aromatic N) is 3. The lowest BCUT2D eigenvalue weighted by atomic mass is 10.1. The third kappa shape index (κ3) is 3.12. The summed E-state index contributed by atoms with van der Waals surface area (Å²) in [6, 6.07) is 1.69. The Morgan fingerprint density at radius 3 is 2.85 bits per heavy atom. The van der Waals surface area contributed by atoms with E-state index in [2.05, 4.69) is 31.4 Å². The minimum absolute atomic E-state index is 0.232. The molecular weight excluding hydrogens is 322 g/mol. The molecule has 0 fully saturated rings. The lowest BCUT2D eigenvalue weighted by Gasteiger charge is -2.18. The number of likely N-dealkylation sites (N-methyl/N-ethyl adjacent to an activating group) is 1. The van der Waals surface area contributed by atoms with Gasteiger partial charge in [0.2, 0.25) is 0 Å². The fourth-order valence-electron chi connectivity index (χ4n) is 2.09. The van der Waals surface area contributed by atoms with E-state index in [0.29, 0.717) is 0 Å². The van der Waals surface area contributed by atoms with Crippen LogP contribution in [-0.2, 0) is 6.54 Å². The maximum absolute atomic E-state index is 5.74. The Hall–Kier alpha value is -1.15. The van der Waals surface area contributed by atoms with Gasteiger partial charge in [0.15, 0.2) is 0 Å². The van der Waals surface area contributed by atoms with Crippen LogP contribution in [0.3, 0.4) is 0 Å². The zero-order valence-corrected chi connectivity index (χ0v) is 13.5. The van der Waals surface area contributed by atoms with Crippen LogP contribution in [0.15, 0.2) is 27.4 Å². The molecule has 0 spiro atoms. The van der Waals surface area contributed by atoms with Gasteiger partial charge in [-0.2, -0.15) is 5.10 Å². The number of aromatic nitrogens is 2. The lowest BCUT2D eigenvalue weighted by Crippen LogP contribution is -2.32. The quantitative estimate of drug-likeness (QED) is 0.617. The third-order valence-electron chi connectivity index (χ3n) is 3.20. The van der Waals surface area contributed by atoms with Gasteiger partial charge in [0.05, 0.1) is 29.2 Å². The van der Waals surface area contributed by atoms with E-state index >= 15 is 0 Å². The molecule has 2 heterocycles. The van der Waals surface area contributed by atoms with Crippen molar-refractivity contribution in [3.63, 3.8) is 0 Å². The third-order valence-corrected chi connectivity index (χ3v) is 3.81. The molecule has 0 saturated heterocycles. The lowest BCUT2D eigenvalue weighted by molar-refractivity contribution is 0.359. The number of hydrogen-bond acceptors (Lipinski definition) is 5. The predicted octanol–water partition coefficient (Wildman–Crippen LogP) is 1.66. The normalized spacial score (nSPS) is 13.1. The summed E-state index contributed by atoms with van der Waals surface area (Å²) in [5.74, 6) is 6.54. The van der Waals surface area contributed by atoms with E-state index in [0.717, 1.165) is 34.6 Å². The molecule has 0 aliphatic heterocycles. The smallest absolute Gasteiger partial charge is 0.131 e. The van der Waals surface area contributed by atoms with Crippen LogP contribution in [0, 0.1) is 6.92 Å². The van der Waals surface area contributed by atoms with Gasteiger partial charge in [-0.05, 0) is 48.6 Å². The average Bonchev–Trinajstić information content (AvgIpc) is 2.97. The number of halogens is 1. The summed E-state index contributed by atoms with van der Waals surface area (Å²) in [6.45, 7) is 3.68. The number of furan rings is 1. The first-order valence-electron chi connectivity index (χ1n) is 6.40. The van der Waals surface area contributed by atoms with Gasteiger partial charge in [-0.25, -0.2) is 5.43 Å². The fraction of sp³-hybridized carbons (Fsp3) is 0.462. The zero-order chi connectivity index (χ0) is 14.7. The Labute approximate surface area is 127 Å². The van der Waals surface area contributed by atoms with Gasteiger partial charge in [0, 0.05) is 6.54 Å². The van der Waals surface area contributed by atoms with E-state index < -0.39 is 0 Å². The number of nitrogens with two attached hydrogens (primary N) is 1. The van der Waals surface area contributed by atoms with Crippen LogP contribution in [0.4, 0.5) is 0 Å². The SMILES string of the molecule is Cc1ccoc1C(NN)c1c(Br)cnn1CCN(C)C. The topological polar surface area (TPSA) is 72.2 Å². The van der Waals surface area contributed by atoms with Crippen molar-refractivity contribution in [2.24, 2.45) is 5.84 Å². The summed E-state index contributed by atoms with van der Waals surface area (Å²) in [5.41, 5.74) is 4.84. The molecule has 0 radical (unpaired) electrons. The number of aryl methyl sites for hydroxylation is 1. The molecule has 0 aromatic carbocycles. The summed E-state index contributed by atoms with van der Waals surface area (Å²) in [4.78, 5) is 2.11. The van der Waals surface area contributed by atoms with Crippen molar-refractivity contribution in [2.45, 2.75) is 19.5 Å². The molecule has 2 aromatic heterocycles. The Morgan fingerprint density at radius 2 is 2.30 bits per heavy atom. The highest BCUT2D eigenvalue weighted by Crippen LogP contribution is 2.30. The second kappa shape index (κ2) is 6.53. The highest BCUT2D eigenvalue weighted by molar-refractivity contribution is 9.10. The van der Waals surface area contributed by atoms with Crippen molar-refractivity contribution in [3.05, 3.63) is 40.0 Å². The first-order chi connectivity index (χ1) is 9.54. The number of nitrogens with one attached hydrogen (secondary N) is 1. The fourth-order valence-corrected chi connectivity index (χ4v) is 2.62. The summed E-state index contributed by atoms with van der Waals surface area (Å²) in [6.07, 6.45) is 3.46. The van der Waals surface area contributed by atoms with Gasteiger partial charge >= 0.3 is 0 Å². The molecule has 0 saturated carbocycles. The van der Waals surface area contributed by atoms with Crippen LogP contribution in [-0.4, -0.2) is 35.3 Å². The van der Waals surface area contributed by atoms with E-state index in [1.54, 1.807) is 12.5 Å². The van der Waals surface area contributed by atoms with Crippen LogP contribution < -0.4 is 11.3 Å². The maximum atomic E-state index is 5.74. The van der Waals surface area contributed by atoms with Crippen molar-refractivity contribution in [1.29, 1.82) is 0 Å². The van der Waals surface area contributed by atoms with Gasteiger partial charge in [0.25, 0.3) is 0 Å². The molecule has 110 valence electrons. The Balaban J connectivity index is 2.34. The van der Waals surface area contributed by atoms with E-state index in [9.17, 15) is 0 Å². The summed E-state index contributed by atoms with van der Waals surface area (Å²) >= 11 is 3.54. The van der Waals surface area contributed by atoms with Crippen LogP contribution in [0.5, 0.6) is 0 Å².